The molecule has 1 aliphatic heterocycles. The van der Waals surface area contributed by atoms with E-state index in [1.165, 1.54) is 11.1 Å². The molecular formula is C31H25Cl2NO6. The molecule has 0 saturated heterocycles. The summed E-state index contributed by atoms with van der Waals surface area (Å²) in [6.07, 6.45) is 0.974. The zero-order chi connectivity index (χ0) is 28.1. The number of hydroxylamine groups is 2. The number of carboxylic acid groups (broad SMARTS) is 1. The van der Waals surface area contributed by atoms with Crippen molar-refractivity contribution in [3.63, 3.8) is 0 Å². The summed E-state index contributed by atoms with van der Waals surface area (Å²) in [5.41, 5.74) is 1.95. The topological polar surface area (TPSA) is 85.3 Å². The minimum absolute atomic E-state index is 0.216. The normalized spacial score (nSPS) is 14.0. The van der Waals surface area contributed by atoms with Crippen LogP contribution < -0.4 is 14.3 Å². The number of hydrogen-bond acceptors (Lipinski definition) is 5. The molecule has 1 amide bonds. The van der Waals surface area contributed by atoms with Crippen LogP contribution in [-0.4, -0.2) is 35.2 Å². The van der Waals surface area contributed by atoms with Crippen molar-refractivity contribution in [2.24, 2.45) is 0 Å². The Balaban J connectivity index is 1.34. The molecule has 1 unspecified atom stereocenters. The second-order valence-corrected chi connectivity index (χ2v) is 9.95. The minimum Gasteiger partial charge on any atom is -0.493 e. The predicted molar refractivity (Wildman–Crippen MR) is 152 cm³/mol. The second kappa shape index (κ2) is 12.3. The van der Waals surface area contributed by atoms with Gasteiger partial charge in [0.15, 0.2) is 5.75 Å². The van der Waals surface area contributed by atoms with Crippen LogP contribution in [0.15, 0.2) is 91.0 Å². The van der Waals surface area contributed by atoms with E-state index in [1.807, 2.05) is 30.3 Å². The van der Waals surface area contributed by atoms with Gasteiger partial charge in [0.25, 0.3) is 5.91 Å². The number of hydrogen-bond donors (Lipinski definition) is 1. The number of rotatable bonds is 9. The summed E-state index contributed by atoms with van der Waals surface area (Å²) in [5.74, 6) is -0.335. The van der Waals surface area contributed by atoms with E-state index in [0.29, 0.717) is 58.6 Å². The Morgan fingerprint density at radius 2 is 1.68 bits per heavy atom. The molecule has 0 aromatic heterocycles. The first kappa shape index (κ1) is 27.4. The summed E-state index contributed by atoms with van der Waals surface area (Å²) in [7, 11) is 0. The third-order valence-corrected chi connectivity index (χ3v) is 7.05. The average molecular weight is 578 g/mol. The first-order valence-corrected chi connectivity index (χ1v) is 13.4. The van der Waals surface area contributed by atoms with Crippen molar-refractivity contribution in [1.82, 2.24) is 5.06 Å². The summed E-state index contributed by atoms with van der Waals surface area (Å²) < 4.78 is 11.6. The van der Waals surface area contributed by atoms with Crippen LogP contribution in [-0.2, 0) is 11.2 Å². The lowest BCUT2D eigenvalue weighted by molar-refractivity contribution is -0.139. The highest BCUT2D eigenvalue weighted by Crippen LogP contribution is 2.39. The van der Waals surface area contributed by atoms with Gasteiger partial charge in [-0.25, -0.2) is 0 Å². The molecule has 4 aromatic carbocycles. The Morgan fingerprint density at radius 3 is 2.42 bits per heavy atom. The van der Waals surface area contributed by atoms with E-state index in [4.69, 9.17) is 37.5 Å². The van der Waals surface area contributed by atoms with Crippen molar-refractivity contribution < 1.29 is 29.0 Å². The maximum atomic E-state index is 13.5. The molecule has 0 saturated carbocycles. The van der Waals surface area contributed by atoms with E-state index in [9.17, 15) is 14.7 Å². The highest BCUT2D eigenvalue weighted by atomic mass is 35.5. The number of para-hydroxylation sites is 1. The molecular weight excluding hydrogens is 553 g/mol. The van der Waals surface area contributed by atoms with Crippen LogP contribution in [0, 0.1) is 0 Å². The second-order valence-electron chi connectivity index (χ2n) is 9.14. The van der Waals surface area contributed by atoms with Crippen molar-refractivity contribution in [2.45, 2.75) is 18.8 Å². The van der Waals surface area contributed by atoms with Crippen LogP contribution in [0.3, 0.4) is 0 Å². The van der Waals surface area contributed by atoms with Crippen LogP contribution >= 0.6 is 23.2 Å². The number of carbonyl (C=O) groups excluding carboxylic acids is 1. The Labute approximate surface area is 241 Å². The van der Waals surface area contributed by atoms with Gasteiger partial charge in [0.05, 0.1) is 29.1 Å². The Morgan fingerprint density at radius 1 is 0.900 bits per heavy atom. The molecule has 7 nitrogen and oxygen atoms in total. The lowest BCUT2D eigenvalue weighted by Gasteiger charge is -2.24. The monoisotopic (exact) mass is 577 g/mol. The van der Waals surface area contributed by atoms with Gasteiger partial charge in [0.2, 0.25) is 0 Å². The first-order valence-electron chi connectivity index (χ1n) is 12.6. The van der Waals surface area contributed by atoms with Crippen LogP contribution in [0.25, 0.3) is 0 Å². The molecule has 0 aliphatic carbocycles. The van der Waals surface area contributed by atoms with Gasteiger partial charge in [-0.3, -0.25) is 9.59 Å². The van der Waals surface area contributed by atoms with Crippen LogP contribution in [0.4, 0.5) is 0 Å². The quantitative estimate of drug-likeness (QED) is 0.208. The zero-order valence-corrected chi connectivity index (χ0v) is 22.8. The van der Waals surface area contributed by atoms with Crippen molar-refractivity contribution in [2.75, 3.05) is 13.2 Å². The highest BCUT2D eigenvalue weighted by molar-refractivity contribution is 6.32. The molecule has 4 aromatic rings. The third kappa shape index (κ3) is 6.33. The molecule has 5 rings (SSSR count). The predicted octanol–water partition coefficient (Wildman–Crippen LogP) is 7.42. The zero-order valence-electron chi connectivity index (χ0n) is 21.3. The lowest BCUT2D eigenvalue weighted by Crippen LogP contribution is -2.36. The van der Waals surface area contributed by atoms with Crippen LogP contribution in [0.5, 0.6) is 23.0 Å². The number of nitrogens with zero attached hydrogens (tertiary/aromatic N) is 1. The number of carbonyl (C=O) groups is 2. The number of ether oxygens (including phenoxy) is 2. The van der Waals surface area contributed by atoms with E-state index in [1.54, 1.807) is 54.6 Å². The summed E-state index contributed by atoms with van der Waals surface area (Å²) in [6, 6.07) is 26.4. The number of halogens is 2. The van der Waals surface area contributed by atoms with E-state index in [0.717, 1.165) is 5.56 Å². The maximum absolute atomic E-state index is 13.5. The van der Waals surface area contributed by atoms with E-state index < -0.39 is 17.8 Å². The summed E-state index contributed by atoms with van der Waals surface area (Å²) in [5, 5.41) is 11.3. The summed E-state index contributed by atoms with van der Waals surface area (Å²) in [6.45, 7) is 0.582. The standard InChI is InChI=1S/C31H25Cl2NO6/c32-25-8-4-5-9-28(25)40-34(16-14-20-6-2-1-3-7-20)30(35)21-10-13-27(26(33)18-21)39-22-11-12-23-24(31(36)37)15-17-38-29(23)19-22/h1-13,18-19,24H,14-17H2,(H,36,37). The molecule has 1 atom stereocenters. The Kier molecular flexibility index (Phi) is 8.43. The van der Waals surface area contributed by atoms with Gasteiger partial charge in [-0.05, 0) is 54.8 Å². The van der Waals surface area contributed by atoms with Crippen molar-refractivity contribution in [3.8, 4) is 23.0 Å². The minimum atomic E-state index is -0.891. The van der Waals surface area contributed by atoms with Crippen molar-refractivity contribution in [3.05, 3.63) is 118 Å². The van der Waals surface area contributed by atoms with Gasteiger partial charge < -0.3 is 19.4 Å². The fraction of sp³-hybridized carbons (Fsp3) is 0.161. The van der Waals surface area contributed by atoms with E-state index in [2.05, 4.69) is 0 Å². The fourth-order valence-electron chi connectivity index (χ4n) is 4.38. The van der Waals surface area contributed by atoms with Gasteiger partial charge in [-0.1, -0.05) is 71.7 Å². The number of fused-ring (bicyclic) bond motifs is 1. The van der Waals surface area contributed by atoms with E-state index in [-0.39, 0.29) is 11.6 Å². The largest absolute Gasteiger partial charge is 0.493 e. The smallest absolute Gasteiger partial charge is 0.311 e. The molecule has 1 N–H and O–H groups in total. The Bertz CT molecular complexity index is 1530. The molecule has 1 aliphatic rings. The van der Waals surface area contributed by atoms with Gasteiger partial charge in [-0.15, -0.1) is 0 Å². The van der Waals surface area contributed by atoms with Crippen molar-refractivity contribution >= 4 is 35.1 Å². The fourth-order valence-corrected chi connectivity index (χ4v) is 4.77. The average Bonchev–Trinajstić information content (AvgIpc) is 2.97. The van der Waals surface area contributed by atoms with Crippen LogP contribution in [0.1, 0.15) is 33.8 Å². The van der Waals surface area contributed by atoms with Gasteiger partial charge in [-0.2, -0.15) is 5.06 Å². The lowest BCUT2D eigenvalue weighted by atomic mass is 9.93. The van der Waals surface area contributed by atoms with E-state index >= 15 is 0 Å². The highest BCUT2D eigenvalue weighted by Gasteiger charge is 2.28. The Hall–Kier alpha value is -4.20. The molecule has 0 radical (unpaired) electrons. The molecule has 204 valence electrons. The maximum Gasteiger partial charge on any atom is 0.311 e. The van der Waals surface area contributed by atoms with Crippen LogP contribution in [0.2, 0.25) is 10.0 Å². The molecule has 0 bridgehead atoms. The molecule has 1 heterocycles. The third-order valence-electron chi connectivity index (χ3n) is 6.45. The number of aliphatic carboxylic acids is 1. The van der Waals surface area contributed by atoms with Crippen molar-refractivity contribution in [1.29, 1.82) is 0 Å². The molecule has 9 heteroatoms. The number of carboxylic acids is 1. The molecule has 0 fully saturated rings. The molecule has 0 spiro atoms. The number of amides is 1. The van der Waals surface area contributed by atoms with Gasteiger partial charge in [0, 0.05) is 17.2 Å². The van der Waals surface area contributed by atoms with Gasteiger partial charge >= 0.3 is 5.97 Å². The van der Waals surface area contributed by atoms with Gasteiger partial charge in [0.1, 0.15) is 17.2 Å². The summed E-state index contributed by atoms with van der Waals surface area (Å²) in [4.78, 5) is 31.0. The SMILES string of the molecule is O=C(O)C1CCOc2cc(Oc3ccc(C(=O)N(CCc4ccccc4)Oc4ccccc4Cl)cc3Cl)ccc21. The molecule has 40 heavy (non-hydrogen) atoms. The first-order chi connectivity index (χ1) is 19.4. The summed E-state index contributed by atoms with van der Waals surface area (Å²) >= 11 is 12.8. The number of benzene rings is 4.